The summed E-state index contributed by atoms with van der Waals surface area (Å²) in [6.45, 7) is 6.01. The van der Waals surface area contributed by atoms with Crippen LogP contribution in [0.3, 0.4) is 0 Å². The summed E-state index contributed by atoms with van der Waals surface area (Å²) >= 11 is 0. The van der Waals surface area contributed by atoms with E-state index in [0.717, 1.165) is 30.4 Å². The lowest BCUT2D eigenvalue weighted by Crippen LogP contribution is -2.24. The second-order valence-corrected chi connectivity index (χ2v) is 9.00. The van der Waals surface area contributed by atoms with Crippen LogP contribution in [0.25, 0.3) is 0 Å². The topological polar surface area (TPSA) is 60.7 Å². The molecule has 3 heteroatoms. The molecule has 1 fully saturated rings. The van der Waals surface area contributed by atoms with Gasteiger partial charge in [0.1, 0.15) is 0 Å². The van der Waals surface area contributed by atoms with E-state index in [1.165, 1.54) is 18.4 Å². The number of benzene rings is 1. The fourth-order valence-corrected chi connectivity index (χ4v) is 4.07. The van der Waals surface area contributed by atoms with Gasteiger partial charge in [0.2, 0.25) is 0 Å². The van der Waals surface area contributed by atoms with Gasteiger partial charge in [0.05, 0.1) is 17.8 Å². The molecular weight excluding hydrogens is 348 g/mol. The van der Waals surface area contributed by atoms with Crippen molar-refractivity contribution >= 4 is 0 Å². The molecule has 0 spiro atoms. The summed E-state index contributed by atoms with van der Waals surface area (Å²) in [5.41, 5.74) is 2.64. The van der Waals surface area contributed by atoms with Crippen molar-refractivity contribution < 1.29 is 15.3 Å². The van der Waals surface area contributed by atoms with E-state index in [1.807, 2.05) is 26.0 Å². The fourth-order valence-electron chi connectivity index (χ4n) is 4.07. The van der Waals surface area contributed by atoms with Gasteiger partial charge in [-0.3, -0.25) is 0 Å². The summed E-state index contributed by atoms with van der Waals surface area (Å²) in [5, 5.41) is 29.8. The lowest BCUT2D eigenvalue weighted by Gasteiger charge is -2.24. The third kappa shape index (κ3) is 7.90. The number of hydrogen-bond donors (Lipinski definition) is 3. The van der Waals surface area contributed by atoms with Crippen LogP contribution >= 0.6 is 0 Å². The van der Waals surface area contributed by atoms with E-state index in [0.29, 0.717) is 25.2 Å². The molecule has 1 aromatic rings. The van der Waals surface area contributed by atoms with E-state index >= 15 is 0 Å². The highest BCUT2D eigenvalue weighted by Gasteiger charge is 2.21. The number of rotatable bonds is 9. The lowest BCUT2D eigenvalue weighted by atomic mass is 9.88. The normalized spacial score (nSPS) is 23.4. The first-order valence-corrected chi connectivity index (χ1v) is 10.8. The zero-order valence-corrected chi connectivity index (χ0v) is 17.8. The van der Waals surface area contributed by atoms with Gasteiger partial charge in [-0.2, -0.15) is 0 Å². The van der Waals surface area contributed by atoms with Crippen LogP contribution in [0.15, 0.2) is 48.1 Å². The molecule has 3 atom stereocenters. The zero-order chi connectivity index (χ0) is 20.6. The molecule has 3 N–H and O–H groups in total. The molecule has 0 aliphatic heterocycles. The average molecular weight is 387 g/mol. The molecule has 28 heavy (non-hydrogen) atoms. The van der Waals surface area contributed by atoms with Crippen LogP contribution in [0, 0.1) is 5.92 Å². The zero-order valence-electron chi connectivity index (χ0n) is 17.8. The maximum absolute atomic E-state index is 10.3. The van der Waals surface area contributed by atoms with Gasteiger partial charge in [0.25, 0.3) is 0 Å². The van der Waals surface area contributed by atoms with E-state index in [-0.39, 0.29) is 0 Å². The molecule has 0 heterocycles. The summed E-state index contributed by atoms with van der Waals surface area (Å²) in [6, 6.07) is 8.22. The summed E-state index contributed by atoms with van der Waals surface area (Å²) in [7, 11) is 0. The number of hydrogen-bond acceptors (Lipinski definition) is 3. The van der Waals surface area contributed by atoms with Crippen molar-refractivity contribution in [2.45, 2.75) is 89.9 Å². The predicted octanol–water partition coefficient (Wildman–Crippen LogP) is 5.04. The SMILES string of the molecule is CC(CCCC=CC=C1C[C@@H](O)C[C@@H](O)C1)CCc1ccccc1C(C)(C)O. The van der Waals surface area contributed by atoms with Crippen molar-refractivity contribution in [3.63, 3.8) is 0 Å². The van der Waals surface area contributed by atoms with E-state index in [1.54, 1.807) is 0 Å². The lowest BCUT2D eigenvalue weighted by molar-refractivity contribution is 0.0609. The first-order chi connectivity index (χ1) is 13.3. The Morgan fingerprint density at radius 1 is 1.11 bits per heavy atom. The molecule has 0 bridgehead atoms. The average Bonchev–Trinajstić information content (AvgIpc) is 2.61. The van der Waals surface area contributed by atoms with Crippen LogP contribution in [-0.2, 0) is 12.0 Å². The van der Waals surface area contributed by atoms with Gasteiger partial charge in [-0.1, -0.05) is 61.4 Å². The molecule has 156 valence electrons. The van der Waals surface area contributed by atoms with Crippen LogP contribution in [0.5, 0.6) is 0 Å². The van der Waals surface area contributed by atoms with Crippen molar-refractivity contribution in [3.05, 3.63) is 59.2 Å². The Hall–Kier alpha value is -1.42. The number of allylic oxidation sites excluding steroid dienone is 3. The summed E-state index contributed by atoms with van der Waals surface area (Å²) in [5.74, 6) is 0.658. The largest absolute Gasteiger partial charge is 0.393 e. The molecule has 0 radical (unpaired) electrons. The van der Waals surface area contributed by atoms with Gasteiger partial charge >= 0.3 is 0 Å². The standard InChI is InChI=1S/C25H38O3/c1-19(14-15-21-12-8-9-13-24(21)25(2,3)28)10-6-4-5-7-11-20-16-22(26)18-23(27)17-20/h5,7-9,11-13,19,22-23,26-28H,4,6,10,14-18H2,1-3H3/t19?,22-,23+. The van der Waals surface area contributed by atoms with E-state index in [9.17, 15) is 15.3 Å². The number of aryl methyl sites for hydroxylation is 1. The van der Waals surface area contributed by atoms with Gasteiger partial charge in [0, 0.05) is 0 Å². The highest BCUT2D eigenvalue weighted by atomic mass is 16.3. The second-order valence-electron chi connectivity index (χ2n) is 9.00. The van der Waals surface area contributed by atoms with Crippen molar-refractivity contribution in [1.82, 2.24) is 0 Å². The Morgan fingerprint density at radius 3 is 2.46 bits per heavy atom. The molecule has 3 nitrogen and oxygen atoms in total. The van der Waals surface area contributed by atoms with Crippen LogP contribution in [0.4, 0.5) is 0 Å². The second kappa shape index (κ2) is 10.9. The third-order valence-electron chi connectivity index (χ3n) is 5.66. The van der Waals surface area contributed by atoms with Gasteiger partial charge in [-0.25, -0.2) is 0 Å². The Morgan fingerprint density at radius 2 is 1.79 bits per heavy atom. The predicted molar refractivity (Wildman–Crippen MR) is 116 cm³/mol. The summed E-state index contributed by atoms with van der Waals surface area (Å²) < 4.78 is 0. The van der Waals surface area contributed by atoms with Crippen molar-refractivity contribution in [3.8, 4) is 0 Å². The maximum Gasteiger partial charge on any atom is 0.0843 e. The molecule has 0 aromatic heterocycles. The fraction of sp³-hybridized carbons (Fsp3) is 0.600. The minimum atomic E-state index is -0.788. The first kappa shape index (κ1) is 22.9. The van der Waals surface area contributed by atoms with E-state index in [2.05, 4.69) is 37.3 Å². The molecule has 0 saturated heterocycles. The van der Waals surface area contributed by atoms with Crippen molar-refractivity contribution in [1.29, 1.82) is 0 Å². The van der Waals surface area contributed by atoms with Crippen LogP contribution in [0.2, 0.25) is 0 Å². The number of aliphatic hydroxyl groups excluding tert-OH is 2. The summed E-state index contributed by atoms with van der Waals surface area (Å²) in [6.07, 6.45) is 13.0. The highest BCUT2D eigenvalue weighted by Crippen LogP contribution is 2.26. The molecule has 2 rings (SSSR count). The highest BCUT2D eigenvalue weighted by molar-refractivity contribution is 5.31. The smallest absolute Gasteiger partial charge is 0.0843 e. The summed E-state index contributed by atoms with van der Waals surface area (Å²) in [4.78, 5) is 0. The molecular formula is C25H38O3. The molecule has 1 unspecified atom stereocenters. The minimum Gasteiger partial charge on any atom is -0.393 e. The molecule has 1 aromatic carbocycles. The monoisotopic (exact) mass is 386 g/mol. The van der Waals surface area contributed by atoms with Gasteiger partial charge in [-0.15, -0.1) is 0 Å². The van der Waals surface area contributed by atoms with Crippen molar-refractivity contribution in [2.24, 2.45) is 5.92 Å². The minimum absolute atomic E-state index is 0.397. The van der Waals surface area contributed by atoms with E-state index in [4.69, 9.17) is 0 Å². The van der Waals surface area contributed by atoms with Gasteiger partial charge in [0.15, 0.2) is 0 Å². The molecule has 0 amide bonds. The van der Waals surface area contributed by atoms with Gasteiger partial charge < -0.3 is 15.3 Å². The first-order valence-electron chi connectivity index (χ1n) is 10.8. The Labute approximate surface area is 170 Å². The van der Waals surface area contributed by atoms with Crippen molar-refractivity contribution in [2.75, 3.05) is 0 Å². The van der Waals surface area contributed by atoms with Crippen LogP contribution in [-0.4, -0.2) is 27.5 Å². The Kier molecular flexibility index (Phi) is 8.94. The number of unbranched alkanes of at least 4 members (excludes halogenated alkanes) is 1. The van der Waals surface area contributed by atoms with Crippen LogP contribution < -0.4 is 0 Å². The molecule has 1 aliphatic carbocycles. The molecule has 1 saturated carbocycles. The molecule has 1 aliphatic rings. The quantitative estimate of drug-likeness (QED) is 0.521. The Balaban J connectivity index is 1.69. The van der Waals surface area contributed by atoms with Crippen LogP contribution in [0.1, 0.15) is 76.8 Å². The Bertz CT molecular complexity index is 642. The van der Waals surface area contributed by atoms with Gasteiger partial charge in [-0.05, 0) is 75.8 Å². The number of aliphatic hydroxyl groups is 3. The maximum atomic E-state index is 10.3. The van der Waals surface area contributed by atoms with E-state index < -0.39 is 17.8 Å². The third-order valence-corrected chi connectivity index (χ3v) is 5.66.